The van der Waals surface area contributed by atoms with Crippen LogP contribution in [0.25, 0.3) is 16.9 Å². The number of rotatable bonds is 6. The lowest BCUT2D eigenvalue weighted by Crippen LogP contribution is -2.08. The number of benzene rings is 3. The van der Waals surface area contributed by atoms with Gasteiger partial charge in [-0.15, -0.1) is 0 Å². The highest BCUT2D eigenvalue weighted by Gasteiger charge is 2.17. The molecule has 0 aliphatic heterocycles. The van der Waals surface area contributed by atoms with Crippen LogP contribution in [0.1, 0.15) is 21.5 Å². The lowest BCUT2D eigenvalue weighted by Gasteiger charge is -2.14. The maximum Gasteiger partial charge on any atom is 0.337 e. The van der Waals surface area contributed by atoms with Gasteiger partial charge < -0.3 is 15.2 Å². The molecule has 0 saturated carbocycles. The van der Waals surface area contributed by atoms with Crippen molar-refractivity contribution in [3.63, 3.8) is 0 Å². The van der Waals surface area contributed by atoms with E-state index in [4.69, 9.17) is 9.84 Å². The highest BCUT2D eigenvalue weighted by Crippen LogP contribution is 2.31. The number of nitrogens with one attached hydrogen (secondary N) is 1. The standard InChI is InChI=1S/C25H23N3O3/c1-16-9-10-17(2)23(13-16)28-24(15-22(27-28)18-7-5-4-6-8-18)26-21-12-11-19(31-3)14-20(21)25(29)30/h4-15,26H,1-3H3,(H,29,30). The van der Waals surface area contributed by atoms with Gasteiger partial charge in [-0.2, -0.15) is 5.10 Å². The monoisotopic (exact) mass is 413 g/mol. The van der Waals surface area contributed by atoms with E-state index in [0.717, 1.165) is 28.1 Å². The summed E-state index contributed by atoms with van der Waals surface area (Å²) in [7, 11) is 1.51. The molecule has 1 heterocycles. The van der Waals surface area contributed by atoms with Crippen molar-refractivity contribution in [2.45, 2.75) is 13.8 Å². The summed E-state index contributed by atoms with van der Waals surface area (Å²) < 4.78 is 7.01. The molecule has 0 amide bonds. The van der Waals surface area contributed by atoms with E-state index in [1.807, 2.05) is 61.0 Å². The minimum absolute atomic E-state index is 0.120. The zero-order chi connectivity index (χ0) is 22.0. The number of aromatic nitrogens is 2. The summed E-state index contributed by atoms with van der Waals surface area (Å²) in [6.45, 7) is 4.06. The van der Waals surface area contributed by atoms with E-state index in [-0.39, 0.29) is 5.56 Å². The van der Waals surface area contributed by atoms with Crippen LogP contribution in [-0.2, 0) is 0 Å². The fourth-order valence-electron chi connectivity index (χ4n) is 3.43. The van der Waals surface area contributed by atoms with Crippen molar-refractivity contribution in [1.82, 2.24) is 9.78 Å². The third-order valence-electron chi connectivity index (χ3n) is 5.09. The summed E-state index contributed by atoms with van der Waals surface area (Å²) in [4.78, 5) is 11.8. The number of aromatic carboxylic acids is 1. The SMILES string of the molecule is COc1ccc(Nc2cc(-c3ccccc3)nn2-c2cc(C)ccc2C)c(C(=O)O)c1. The average Bonchev–Trinajstić information content (AvgIpc) is 3.19. The first kappa shape index (κ1) is 20.2. The molecule has 0 aliphatic rings. The second-order valence-corrected chi connectivity index (χ2v) is 7.32. The van der Waals surface area contributed by atoms with E-state index in [2.05, 4.69) is 17.4 Å². The van der Waals surface area contributed by atoms with Crippen molar-refractivity contribution in [2.24, 2.45) is 0 Å². The molecule has 0 atom stereocenters. The van der Waals surface area contributed by atoms with Crippen LogP contribution in [0.15, 0.2) is 72.8 Å². The molecule has 6 heteroatoms. The van der Waals surface area contributed by atoms with Gasteiger partial charge in [-0.25, -0.2) is 9.48 Å². The van der Waals surface area contributed by atoms with Gasteiger partial charge in [-0.05, 0) is 49.2 Å². The van der Waals surface area contributed by atoms with E-state index in [1.165, 1.54) is 13.2 Å². The number of carbonyl (C=O) groups is 1. The molecular weight excluding hydrogens is 390 g/mol. The molecule has 0 spiro atoms. The van der Waals surface area contributed by atoms with Gasteiger partial charge >= 0.3 is 5.97 Å². The lowest BCUT2D eigenvalue weighted by molar-refractivity contribution is 0.0697. The summed E-state index contributed by atoms with van der Waals surface area (Å²) in [6.07, 6.45) is 0. The molecule has 31 heavy (non-hydrogen) atoms. The molecule has 3 aromatic carbocycles. The first-order valence-corrected chi connectivity index (χ1v) is 9.88. The zero-order valence-electron chi connectivity index (χ0n) is 17.6. The fraction of sp³-hybridized carbons (Fsp3) is 0.120. The molecule has 4 aromatic rings. The van der Waals surface area contributed by atoms with E-state index in [1.54, 1.807) is 12.1 Å². The second-order valence-electron chi connectivity index (χ2n) is 7.32. The smallest absolute Gasteiger partial charge is 0.337 e. The Labute approximate surface area is 180 Å². The van der Waals surface area contributed by atoms with E-state index >= 15 is 0 Å². The number of hydrogen-bond donors (Lipinski definition) is 2. The number of anilines is 2. The number of nitrogens with zero attached hydrogens (tertiary/aromatic N) is 2. The topological polar surface area (TPSA) is 76.4 Å². The Morgan fingerprint density at radius 3 is 2.48 bits per heavy atom. The summed E-state index contributed by atoms with van der Waals surface area (Å²) in [5.74, 6) is 0.110. The van der Waals surface area contributed by atoms with Crippen LogP contribution in [0.2, 0.25) is 0 Å². The van der Waals surface area contributed by atoms with Gasteiger partial charge in [-0.3, -0.25) is 0 Å². The van der Waals surface area contributed by atoms with E-state index in [9.17, 15) is 9.90 Å². The molecule has 0 radical (unpaired) electrons. The van der Waals surface area contributed by atoms with Crippen molar-refractivity contribution >= 4 is 17.5 Å². The van der Waals surface area contributed by atoms with Crippen molar-refractivity contribution in [2.75, 3.05) is 12.4 Å². The van der Waals surface area contributed by atoms with Crippen LogP contribution in [0.4, 0.5) is 11.5 Å². The Bertz CT molecular complexity index is 1250. The van der Waals surface area contributed by atoms with Crippen molar-refractivity contribution in [3.8, 4) is 22.7 Å². The van der Waals surface area contributed by atoms with Crippen LogP contribution in [0, 0.1) is 13.8 Å². The Hall–Kier alpha value is -4.06. The minimum atomic E-state index is -1.04. The summed E-state index contributed by atoms with van der Waals surface area (Å²) in [5, 5.41) is 17.8. The number of methoxy groups -OCH3 is 1. The van der Waals surface area contributed by atoms with Crippen molar-refractivity contribution < 1.29 is 14.6 Å². The first-order chi connectivity index (χ1) is 15.0. The summed E-state index contributed by atoms with van der Waals surface area (Å²) in [5.41, 5.74) is 5.43. The number of carboxylic acid groups (broad SMARTS) is 1. The highest BCUT2D eigenvalue weighted by atomic mass is 16.5. The largest absolute Gasteiger partial charge is 0.497 e. The van der Waals surface area contributed by atoms with E-state index in [0.29, 0.717) is 17.3 Å². The maximum absolute atomic E-state index is 11.8. The fourth-order valence-corrected chi connectivity index (χ4v) is 3.43. The van der Waals surface area contributed by atoms with Gasteiger partial charge in [0.2, 0.25) is 0 Å². The Morgan fingerprint density at radius 1 is 1.00 bits per heavy atom. The molecule has 0 saturated heterocycles. The third kappa shape index (κ3) is 4.14. The molecule has 6 nitrogen and oxygen atoms in total. The first-order valence-electron chi connectivity index (χ1n) is 9.88. The molecule has 0 aliphatic carbocycles. The number of ether oxygens (including phenoxy) is 1. The molecule has 0 bridgehead atoms. The molecule has 0 unspecified atom stereocenters. The third-order valence-corrected chi connectivity index (χ3v) is 5.09. The predicted octanol–water partition coefficient (Wildman–Crippen LogP) is 5.61. The van der Waals surface area contributed by atoms with Gasteiger partial charge in [0, 0.05) is 11.6 Å². The Kier molecular flexibility index (Phi) is 5.45. The molecule has 4 rings (SSSR count). The van der Waals surface area contributed by atoms with Gasteiger partial charge in [0.1, 0.15) is 11.6 Å². The highest BCUT2D eigenvalue weighted by molar-refractivity contribution is 5.95. The van der Waals surface area contributed by atoms with Crippen molar-refractivity contribution in [3.05, 3.63) is 89.5 Å². The lowest BCUT2D eigenvalue weighted by atomic mass is 10.1. The van der Waals surface area contributed by atoms with E-state index < -0.39 is 5.97 Å². The van der Waals surface area contributed by atoms with Gasteiger partial charge in [0.25, 0.3) is 0 Å². The van der Waals surface area contributed by atoms with Crippen molar-refractivity contribution in [1.29, 1.82) is 0 Å². The zero-order valence-corrected chi connectivity index (χ0v) is 17.6. The van der Waals surface area contributed by atoms with Gasteiger partial charge in [0.05, 0.1) is 29.7 Å². The molecule has 2 N–H and O–H groups in total. The second kappa shape index (κ2) is 8.36. The number of aryl methyl sites for hydroxylation is 2. The Morgan fingerprint density at radius 2 is 1.77 bits per heavy atom. The predicted molar refractivity (Wildman–Crippen MR) is 122 cm³/mol. The van der Waals surface area contributed by atoms with Crippen LogP contribution >= 0.6 is 0 Å². The molecule has 1 aromatic heterocycles. The quantitative estimate of drug-likeness (QED) is 0.430. The van der Waals surface area contributed by atoms with Gasteiger partial charge in [0.15, 0.2) is 0 Å². The van der Waals surface area contributed by atoms with Crippen LogP contribution < -0.4 is 10.1 Å². The van der Waals surface area contributed by atoms with Crippen LogP contribution in [0.5, 0.6) is 5.75 Å². The molecular formula is C25H23N3O3. The van der Waals surface area contributed by atoms with Gasteiger partial charge in [-0.1, -0.05) is 42.5 Å². The average molecular weight is 413 g/mol. The normalized spacial score (nSPS) is 10.7. The maximum atomic E-state index is 11.8. The summed E-state index contributed by atoms with van der Waals surface area (Å²) >= 11 is 0. The number of carboxylic acids is 1. The summed E-state index contributed by atoms with van der Waals surface area (Å²) in [6, 6.07) is 22.9. The minimum Gasteiger partial charge on any atom is -0.497 e. The number of hydrogen-bond acceptors (Lipinski definition) is 4. The van der Waals surface area contributed by atoms with Crippen LogP contribution in [0.3, 0.4) is 0 Å². The molecule has 156 valence electrons. The Balaban J connectivity index is 1.86. The van der Waals surface area contributed by atoms with Crippen LogP contribution in [-0.4, -0.2) is 28.0 Å². The molecule has 0 fully saturated rings.